The lowest BCUT2D eigenvalue weighted by atomic mass is 9.80. The van der Waals surface area contributed by atoms with E-state index in [9.17, 15) is 0 Å². The molecule has 0 atom stereocenters. The number of nitrogens with two attached hydrogens (primary N) is 1. The van der Waals surface area contributed by atoms with Gasteiger partial charge >= 0.3 is 0 Å². The first-order valence-electron chi connectivity index (χ1n) is 5.90. The topological polar surface area (TPSA) is 68.9 Å². The summed E-state index contributed by atoms with van der Waals surface area (Å²) in [6, 6.07) is 0. The highest BCUT2D eigenvalue weighted by molar-refractivity contribution is 5.81. The molecule has 0 heterocycles. The minimum absolute atomic E-state index is 0.452. The maximum atomic E-state index is 5.51. The molecule has 0 bridgehead atoms. The Balaban J connectivity index is 2.17. The van der Waals surface area contributed by atoms with Crippen molar-refractivity contribution in [3.63, 3.8) is 0 Å². The fourth-order valence-corrected chi connectivity index (χ4v) is 1.93. The summed E-state index contributed by atoms with van der Waals surface area (Å²) in [6.07, 6.45) is 3.62. The molecule has 1 aliphatic carbocycles. The first kappa shape index (κ1) is 13.4. The van der Waals surface area contributed by atoms with Gasteiger partial charge in [0.05, 0.1) is 19.3 Å². The quantitative estimate of drug-likeness (QED) is 0.222. The molecule has 5 nitrogen and oxygen atoms in total. The summed E-state index contributed by atoms with van der Waals surface area (Å²) in [6.45, 7) is 4.14. The standard InChI is InChI=1S/C11H23N3O2/c1-3-16-10-6-9(7-10)8-11(14-12)13-4-5-15-2/h9-10H,3-8,12H2,1-2H3,(H,13,14). The van der Waals surface area contributed by atoms with Crippen LogP contribution in [0, 0.1) is 5.92 Å². The molecule has 0 aromatic rings. The summed E-state index contributed by atoms with van der Waals surface area (Å²) < 4.78 is 10.4. The lowest BCUT2D eigenvalue weighted by molar-refractivity contribution is -0.0223. The van der Waals surface area contributed by atoms with E-state index in [2.05, 4.69) is 10.4 Å². The lowest BCUT2D eigenvalue weighted by Crippen LogP contribution is -2.38. The fraction of sp³-hybridized carbons (Fsp3) is 0.909. The van der Waals surface area contributed by atoms with Gasteiger partial charge in [-0.15, -0.1) is 0 Å². The molecule has 1 fully saturated rings. The molecule has 0 aromatic heterocycles. The van der Waals surface area contributed by atoms with Gasteiger partial charge in [0.1, 0.15) is 5.84 Å². The van der Waals surface area contributed by atoms with E-state index in [1.54, 1.807) is 7.11 Å². The second kappa shape index (κ2) is 7.60. The third-order valence-electron chi connectivity index (χ3n) is 2.84. The van der Waals surface area contributed by atoms with Gasteiger partial charge < -0.3 is 14.9 Å². The van der Waals surface area contributed by atoms with E-state index < -0.39 is 0 Å². The van der Waals surface area contributed by atoms with Gasteiger partial charge in [-0.2, -0.15) is 0 Å². The molecule has 0 aliphatic heterocycles. The van der Waals surface area contributed by atoms with Crippen LogP contribution >= 0.6 is 0 Å². The van der Waals surface area contributed by atoms with Gasteiger partial charge in [0.25, 0.3) is 0 Å². The van der Waals surface area contributed by atoms with Gasteiger partial charge in [0.2, 0.25) is 0 Å². The summed E-state index contributed by atoms with van der Waals surface area (Å²) in [4.78, 5) is 4.34. The maximum absolute atomic E-state index is 5.51. The van der Waals surface area contributed by atoms with Gasteiger partial charge in [-0.3, -0.25) is 4.99 Å². The van der Waals surface area contributed by atoms with Gasteiger partial charge in [0, 0.05) is 20.1 Å². The van der Waals surface area contributed by atoms with Crippen molar-refractivity contribution in [1.29, 1.82) is 0 Å². The van der Waals surface area contributed by atoms with Crippen LogP contribution in [0.3, 0.4) is 0 Å². The summed E-state index contributed by atoms with van der Waals surface area (Å²) in [5, 5.41) is 0. The largest absolute Gasteiger partial charge is 0.383 e. The van der Waals surface area contributed by atoms with Crippen LogP contribution in [-0.2, 0) is 9.47 Å². The van der Waals surface area contributed by atoms with Crippen molar-refractivity contribution in [3.8, 4) is 0 Å². The van der Waals surface area contributed by atoms with Crippen molar-refractivity contribution in [2.45, 2.75) is 32.3 Å². The van der Waals surface area contributed by atoms with Crippen LogP contribution in [0.25, 0.3) is 0 Å². The van der Waals surface area contributed by atoms with Gasteiger partial charge in [-0.25, -0.2) is 5.84 Å². The summed E-state index contributed by atoms with van der Waals surface area (Å²) in [5.41, 5.74) is 2.66. The van der Waals surface area contributed by atoms with E-state index in [-0.39, 0.29) is 0 Å². The molecule has 5 heteroatoms. The second-order valence-electron chi connectivity index (χ2n) is 4.08. The van der Waals surface area contributed by atoms with E-state index >= 15 is 0 Å². The maximum Gasteiger partial charge on any atom is 0.111 e. The average Bonchev–Trinajstić information content (AvgIpc) is 2.24. The second-order valence-corrected chi connectivity index (χ2v) is 4.08. The monoisotopic (exact) mass is 229 g/mol. The smallest absolute Gasteiger partial charge is 0.111 e. The van der Waals surface area contributed by atoms with E-state index in [1.165, 1.54) is 0 Å². The minimum Gasteiger partial charge on any atom is -0.383 e. The van der Waals surface area contributed by atoms with Gasteiger partial charge in [-0.05, 0) is 25.7 Å². The Morgan fingerprint density at radius 3 is 2.81 bits per heavy atom. The van der Waals surface area contributed by atoms with Crippen molar-refractivity contribution in [3.05, 3.63) is 0 Å². The number of aliphatic imine (C=N–C) groups is 1. The molecule has 16 heavy (non-hydrogen) atoms. The highest BCUT2D eigenvalue weighted by Crippen LogP contribution is 2.32. The number of hydrogen-bond donors (Lipinski definition) is 2. The van der Waals surface area contributed by atoms with Crippen LogP contribution in [-0.4, -0.2) is 38.8 Å². The van der Waals surface area contributed by atoms with E-state index in [1.807, 2.05) is 6.92 Å². The molecule has 0 spiro atoms. The number of rotatable bonds is 7. The molecule has 0 unspecified atom stereocenters. The molecule has 0 radical (unpaired) electrons. The Morgan fingerprint density at radius 2 is 2.25 bits per heavy atom. The number of nitrogens with one attached hydrogen (secondary N) is 1. The van der Waals surface area contributed by atoms with Crippen molar-refractivity contribution in [2.24, 2.45) is 16.8 Å². The van der Waals surface area contributed by atoms with Crippen LogP contribution in [0.15, 0.2) is 4.99 Å². The molecular weight excluding hydrogens is 206 g/mol. The molecule has 1 aliphatic rings. The molecule has 1 saturated carbocycles. The first-order valence-corrected chi connectivity index (χ1v) is 5.90. The van der Waals surface area contributed by atoms with Crippen molar-refractivity contribution in [1.82, 2.24) is 5.43 Å². The predicted molar refractivity (Wildman–Crippen MR) is 64.3 cm³/mol. The molecule has 0 saturated heterocycles. The third-order valence-corrected chi connectivity index (χ3v) is 2.84. The van der Waals surface area contributed by atoms with Crippen LogP contribution in [0.2, 0.25) is 0 Å². The highest BCUT2D eigenvalue weighted by atomic mass is 16.5. The Hall–Kier alpha value is -0.650. The van der Waals surface area contributed by atoms with Crippen LogP contribution in [0.1, 0.15) is 26.2 Å². The minimum atomic E-state index is 0.452. The summed E-state index contributed by atoms with van der Waals surface area (Å²) in [5.74, 6) is 6.96. The van der Waals surface area contributed by atoms with Crippen LogP contribution < -0.4 is 11.3 Å². The number of hydrazine groups is 1. The molecule has 3 N–H and O–H groups in total. The van der Waals surface area contributed by atoms with E-state index in [0.717, 1.165) is 31.7 Å². The molecule has 0 aromatic carbocycles. The zero-order valence-electron chi connectivity index (χ0n) is 10.2. The lowest BCUT2D eigenvalue weighted by Gasteiger charge is -2.35. The van der Waals surface area contributed by atoms with Crippen molar-refractivity contribution in [2.75, 3.05) is 26.9 Å². The number of hydrogen-bond acceptors (Lipinski definition) is 4. The highest BCUT2D eigenvalue weighted by Gasteiger charge is 2.30. The van der Waals surface area contributed by atoms with Crippen molar-refractivity contribution < 1.29 is 9.47 Å². The molecule has 1 rings (SSSR count). The zero-order chi connectivity index (χ0) is 11.8. The normalized spacial score (nSPS) is 25.3. The van der Waals surface area contributed by atoms with E-state index in [0.29, 0.717) is 25.2 Å². The predicted octanol–water partition coefficient (Wildman–Crippen LogP) is 0.700. The van der Waals surface area contributed by atoms with E-state index in [4.69, 9.17) is 15.3 Å². The Morgan fingerprint density at radius 1 is 1.50 bits per heavy atom. The fourth-order valence-electron chi connectivity index (χ4n) is 1.93. The Kier molecular flexibility index (Phi) is 6.37. The molecule has 0 amide bonds. The Bertz CT molecular complexity index is 215. The number of nitrogens with zero attached hydrogens (tertiary/aromatic N) is 1. The zero-order valence-corrected chi connectivity index (χ0v) is 10.2. The molecular formula is C11H23N3O2. The SMILES string of the molecule is CCOC1CC(CC(=NCCOC)NN)C1. The van der Waals surface area contributed by atoms with Gasteiger partial charge in [-0.1, -0.05) is 0 Å². The Labute approximate surface area is 97.4 Å². The van der Waals surface area contributed by atoms with Crippen LogP contribution in [0.5, 0.6) is 0 Å². The van der Waals surface area contributed by atoms with Gasteiger partial charge in [0.15, 0.2) is 0 Å². The number of methoxy groups -OCH3 is 1. The number of ether oxygens (including phenoxy) is 2. The summed E-state index contributed by atoms with van der Waals surface area (Å²) >= 11 is 0. The first-order chi connectivity index (χ1) is 7.80. The third kappa shape index (κ3) is 4.47. The van der Waals surface area contributed by atoms with Crippen molar-refractivity contribution >= 4 is 5.84 Å². The average molecular weight is 229 g/mol. The summed E-state index contributed by atoms with van der Waals surface area (Å²) in [7, 11) is 1.67. The van der Waals surface area contributed by atoms with Crippen LogP contribution in [0.4, 0.5) is 0 Å². The molecule has 94 valence electrons. The number of amidine groups is 1.